The number of imide groups is 1. The van der Waals surface area contributed by atoms with Gasteiger partial charge in [0.2, 0.25) is 5.91 Å². The maximum atomic E-state index is 13.0. The molecule has 38 heavy (non-hydrogen) atoms. The number of alkyl halides is 3. The van der Waals surface area contributed by atoms with Crippen LogP contribution in [-0.2, 0) is 15.8 Å². The number of nitrogens with zero attached hydrogens (tertiary/aromatic N) is 2. The van der Waals surface area contributed by atoms with E-state index < -0.39 is 40.3 Å². The predicted octanol–water partition coefficient (Wildman–Crippen LogP) is 5.56. The van der Waals surface area contributed by atoms with Gasteiger partial charge in [-0.05, 0) is 48.2 Å². The number of methoxy groups -OCH3 is 1. The maximum absolute atomic E-state index is 13.0. The average molecular weight is 547 g/mol. The molecule has 3 amide bonds. The quantitative estimate of drug-likeness (QED) is 0.231. The zero-order valence-electron chi connectivity index (χ0n) is 19.3. The van der Waals surface area contributed by atoms with Gasteiger partial charge in [0.15, 0.2) is 0 Å². The van der Waals surface area contributed by atoms with Crippen molar-refractivity contribution >= 4 is 46.3 Å². The van der Waals surface area contributed by atoms with Gasteiger partial charge in [0.05, 0.1) is 33.8 Å². The fourth-order valence-electron chi connectivity index (χ4n) is 3.50. The normalized spacial score (nSPS) is 14.7. The first-order chi connectivity index (χ1) is 18.0. The van der Waals surface area contributed by atoms with Crippen LogP contribution >= 0.6 is 11.8 Å². The molecule has 14 heteroatoms. The Balaban J connectivity index is 1.49. The molecule has 0 bridgehead atoms. The number of amides is 3. The van der Waals surface area contributed by atoms with E-state index in [1.165, 1.54) is 43.5 Å². The molecule has 2 heterocycles. The van der Waals surface area contributed by atoms with Gasteiger partial charge in [0.25, 0.3) is 16.8 Å². The standard InChI is InChI=1S/C24H16F3N3O7S/c1-36-19-8-6-13(24(25,26)27)10-16(19)28-21(31)12-29-22(32)20(38-23(29)33)11-14-7-9-18(37-14)15-4-2-3-5-17(15)30(34)35/h2-11H,12H2,1H3,(H,28,31). The molecule has 1 N–H and O–H groups in total. The third-order valence-electron chi connectivity index (χ3n) is 5.24. The van der Waals surface area contributed by atoms with Crippen LogP contribution in [0.5, 0.6) is 5.75 Å². The highest BCUT2D eigenvalue weighted by Gasteiger charge is 2.37. The van der Waals surface area contributed by atoms with Gasteiger partial charge in [0.1, 0.15) is 23.8 Å². The lowest BCUT2D eigenvalue weighted by Crippen LogP contribution is -2.36. The number of thioether (sulfide) groups is 1. The fraction of sp³-hybridized carbons (Fsp3) is 0.125. The van der Waals surface area contributed by atoms with E-state index in [-0.39, 0.29) is 39.1 Å². The van der Waals surface area contributed by atoms with E-state index in [1.54, 1.807) is 6.07 Å². The van der Waals surface area contributed by atoms with Crippen LogP contribution in [0.3, 0.4) is 0 Å². The summed E-state index contributed by atoms with van der Waals surface area (Å²) in [6.45, 7) is -0.763. The number of carbonyl (C=O) groups is 3. The molecule has 0 aliphatic carbocycles. The molecule has 10 nitrogen and oxygen atoms in total. The minimum atomic E-state index is -4.67. The van der Waals surface area contributed by atoms with Gasteiger partial charge >= 0.3 is 6.18 Å². The predicted molar refractivity (Wildman–Crippen MR) is 130 cm³/mol. The van der Waals surface area contributed by atoms with Crippen LogP contribution in [-0.4, -0.2) is 40.5 Å². The Bertz CT molecular complexity index is 1480. The summed E-state index contributed by atoms with van der Waals surface area (Å²) in [6, 6.07) is 11.3. The van der Waals surface area contributed by atoms with Crippen molar-refractivity contribution in [1.82, 2.24) is 4.90 Å². The zero-order valence-corrected chi connectivity index (χ0v) is 20.1. The molecule has 1 saturated heterocycles. The van der Waals surface area contributed by atoms with E-state index in [4.69, 9.17) is 9.15 Å². The SMILES string of the molecule is COc1ccc(C(F)(F)F)cc1NC(=O)CN1C(=O)SC(=Cc2ccc(-c3ccccc3[N+](=O)[O-])o2)C1=O. The molecule has 1 aliphatic rings. The van der Waals surface area contributed by atoms with Crippen molar-refractivity contribution in [3.8, 4) is 17.1 Å². The number of halogens is 3. The molecule has 0 atom stereocenters. The van der Waals surface area contributed by atoms with Crippen LogP contribution < -0.4 is 10.1 Å². The van der Waals surface area contributed by atoms with Gasteiger partial charge in [0, 0.05) is 12.1 Å². The van der Waals surface area contributed by atoms with Crippen molar-refractivity contribution in [1.29, 1.82) is 0 Å². The summed E-state index contributed by atoms with van der Waals surface area (Å²) in [7, 11) is 1.20. The molecule has 1 fully saturated rings. The number of furan rings is 1. The van der Waals surface area contributed by atoms with E-state index >= 15 is 0 Å². The third kappa shape index (κ3) is 5.54. The molecule has 3 aromatic rings. The maximum Gasteiger partial charge on any atom is 0.416 e. The van der Waals surface area contributed by atoms with E-state index in [1.807, 2.05) is 0 Å². The van der Waals surface area contributed by atoms with Crippen molar-refractivity contribution in [3.05, 3.63) is 80.9 Å². The highest BCUT2D eigenvalue weighted by atomic mass is 32.2. The molecular weight excluding hydrogens is 531 g/mol. The molecule has 196 valence electrons. The lowest BCUT2D eigenvalue weighted by Gasteiger charge is -2.16. The number of nitro groups is 1. The second-order valence-electron chi connectivity index (χ2n) is 7.71. The zero-order chi connectivity index (χ0) is 27.6. The summed E-state index contributed by atoms with van der Waals surface area (Å²) in [6.07, 6.45) is -3.42. The van der Waals surface area contributed by atoms with Crippen molar-refractivity contribution in [2.75, 3.05) is 19.0 Å². The van der Waals surface area contributed by atoms with Crippen LogP contribution in [0, 0.1) is 10.1 Å². The number of ether oxygens (including phenoxy) is 1. The summed E-state index contributed by atoms with van der Waals surface area (Å²) < 4.78 is 49.7. The van der Waals surface area contributed by atoms with Crippen molar-refractivity contribution in [2.45, 2.75) is 6.18 Å². The van der Waals surface area contributed by atoms with E-state index in [2.05, 4.69) is 5.32 Å². The molecule has 4 rings (SSSR count). The molecule has 2 aromatic carbocycles. The summed E-state index contributed by atoms with van der Waals surface area (Å²) in [4.78, 5) is 48.9. The summed E-state index contributed by atoms with van der Waals surface area (Å²) >= 11 is 0.528. The smallest absolute Gasteiger partial charge is 0.416 e. The lowest BCUT2D eigenvalue weighted by atomic mass is 10.1. The number of benzene rings is 2. The summed E-state index contributed by atoms with van der Waals surface area (Å²) in [5, 5.41) is 12.7. The van der Waals surface area contributed by atoms with Crippen molar-refractivity contribution in [3.63, 3.8) is 0 Å². The second-order valence-corrected chi connectivity index (χ2v) is 8.70. The van der Waals surface area contributed by atoms with Crippen molar-refractivity contribution < 1.29 is 41.6 Å². The Hall–Kier alpha value is -4.59. The number of nitrogens with one attached hydrogen (secondary N) is 1. The van der Waals surface area contributed by atoms with Gasteiger partial charge in [-0.1, -0.05) is 12.1 Å². The van der Waals surface area contributed by atoms with Gasteiger partial charge < -0.3 is 14.5 Å². The third-order valence-corrected chi connectivity index (χ3v) is 6.15. The Kier molecular flexibility index (Phi) is 7.26. The first-order valence-corrected chi connectivity index (χ1v) is 11.4. The lowest BCUT2D eigenvalue weighted by molar-refractivity contribution is -0.384. The second kappa shape index (κ2) is 10.4. The van der Waals surface area contributed by atoms with Crippen LogP contribution in [0.4, 0.5) is 29.3 Å². The van der Waals surface area contributed by atoms with Gasteiger partial charge in [-0.25, -0.2) is 0 Å². The minimum absolute atomic E-state index is 0.0485. The number of rotatable bonds is 7. The Morgan fingerprint density at radius 2 is 1.92 bits per heavy atom. The largest absolute Gasteiger partial charge is 0.495 e. The Morgan fingerprint density at radius 1 is 1.18 bits per heavy atom. The number of para-hydroxylation sites is 1. The van der Waals surface area contributed by atoms with Crippen LogP contribution in [0.15, 0.2) is 63.9 Å². The topological polar surface area (TPSA) is 132 Å². The Morgan fingerprint density at radius 3 is 2.61 bits per heavy atom. The summed E-state index contributed by atoms with van der Waals surface area (Å²) in [5.41, 5.74) is -1.28. The average Bonchev–Trinajstić information content (AvgIpc) is 3.43. The molecule has 1 aliphatic heterocycles. The number of anilines is 1. The van der Waals surface area contributed by atoms with E-state index in [0.717, 1.165) is 12.1 Å². The Labute approximate surface area is 216 Å². The van der Waals surface area contributed by atoms with Crippen LogP contribution in [0.2, 0.25) is 0 Å². The molecule has 0 saturated carbocycles. The highest BCUT2D eigenvalue weighted by molar-refractivity contribution is 8.18. The van der Waals surface area contributed by atoms with Gasteiger partial charge in [-0.3, -0.25) is 29.4 Å². The summed E-state index contributed by atoms with van der Waals surface area (Å²) in [5.74, 6) is -1.51. The number of nitro benzene ring substituents is 1. The molecule has 0 unspecified atom stereocenters. The first kappa shape index (κ1) is 26.5. The molecule has 0 spiro atoms. The fourth-order valence-corrected chi connectivity index (χ4v) is 4.32. The van der Waals surface area contributed by atoms with Crippen molar-refractivity contribution in [2.24, 2.45) is 0 Å². The monoisotopic (exact) mass is 547 g/mol. The number of carbonyl (C=O) groups excluding carboxylic acids is 3. The molecular formula is C24H16F3N3O7S. The molecule has 0 radical (unpaired) electrons. The van der Waals surface area contributed by atoms with Crippen LogP contribution in [0.1, 0.15) is 11.3 Å². The van der Waals surface area contributed by atoms with Crippen LogP contribution in [0.25, 0.3) is 17.4 Å². The molecule has 1 aromatic heterocycles. The number of hydrogen-bond acceptors (Lipinski definition) is 8. The van der Waals surface area contributed by atoms with Gasteiger partial charge in [-0.15, -0.1) is 0 Å². The van der Waals surface area contributed by atoms with E-state index in [9.17, 15) is 37.7 Å². The first-order valence-electron chi connectivity index (χ1n) is 10.6. The van der Waals surface area contributed by atoms with E-state index in [0.29, 0.717) is 22.7 Å². The highest BCUT2D eigenvalue weighted by Crippen LogP contribution is 2.37. The van der Waals surface area contributed by atoms with Gasteiger partial charge in [-0.2, -0.15) is 13.2 Å². The number of hydrogen-bond donors (Lipinski definition) is 1. The minimum Gasteiger partial charge on any atom is -0.495 e.